The van der Waals surface area contributed by atoms with Gasteiger partial charge in [-0.3, -0.25) is 4.99 Å². The first-order chi connectivity index (χ1) is 11.7. The van der Waals surface area contributed by atoms with Crippen LogP contribution in [0, 0.1) is 0 Å². The molecule has 2 N–H and O–H groups in total. The zero-order chi connectivity index (χ0) is 17.2. The molecule has 2 aromatic rings. The van der Waals surface area contributed by atoms with Crippen LogP contribution in [0.25, 0.3) is 0 Å². The third kappa shape index (κ3) is 5.65. The number of ether oxygens (including phenoxy) is 1. The molecule has 5 heteroatoms. The van der Waals surface area contributed by atoms with Gasteiger partial charge in [0.1, 0.15) is 5.75 Å². The molecule has 0 fully saturated rings. The van der Waals surface area contributed by atoms with Crippen molar-refractivity contribution < 1.29 is 4.74 Å². The second-order valence-electron chi connectivity index (χ2n) is 5.81. The molecular formula is C19H28N4O. The fourth-order valence-electron chi connectivity index (χ4n) is 2.55. The molecule has 0 saturated heterocycles. The molecule has 1 unspecified atom stereocenters. The lowest BCUT2D eigenvalue weighted by Gasteiger charge is -2.15. The maximum absolute atomic E-state index is 5.20. The first-order valence-corrected chi connectivity index (χ1v) is 8.42. The van der Waals surface area contributed by atoms with Crippen LogP contribution in [0.4, 0.5) is 0 Å². The number of aromatic nitrogens is 1. The van der Waals surface area contributed by atoms with Crippen LogP contribution in [-0.4, -0.2) is 37.8 Å². The molecule has 1 heterocycles. The molecule has 1 aromatic carbocycles. The lowest BCUT2D eigenvalue weighted by atomic mass is 9.98. The summed E-state index contributed by atoms with van der Waals surface area (Å²) in [5.41, 5.74) is 1.33. The van der Waals surface area contributed by atoms with Gasteiger partial charge in [0, 0.05) is 39.1 Å². The molecule has 0 bridgehead atoms. The van der Waals surface area contributed by atoms with Gasteiger partial charge in [-0.1, -0.05) is 19.1 Å². The molecule has 5 nitrogen and oxygen atoms in total. The largest absolute Gasteiger partial charge is 0.497 e. The van der Waals surface area contributed by atoms with E-state index in [-0.39, 0.29) is 0 Å². The molecule has 24 heavy (non-hydrogen) atoms. The van der Waals surface area contributed by atoms with Crippen LogP contribution >= 0.6 is 0 Å². The zero-order valence-electron chi connectivity index (χ0n) is 14.8. The van der Waals surface area contributed by atoms with Crippen molar-refractivity contribution in [3.63, 3.8) is 0 Å². The zero-order valence-corrected chi connectivity index (χ0v) is 14.8. The van der Waals surface area contributed by atoms with Crippen LogP contribution in [0.5, 0.6) is 5.75 Å². The SMILES string of the molecule is CN=C(NCCC(C)c1ccc(OC)cc1)NCCn1cccc1. The number of benzene rings is 1. The monoisotopic (exact) mass is 328 g/mol. The molecule has 1 aromatic heterocycles. The van der Waals surface area contributed by atoms with Crippen molar-refractivity contribution in [1.29, 1.82) is 0 Å². The summed E-state index contributed by atoms with van der Waals surface area (Å²) in [5, 5.41) is 6.72. The molecule has 130 valence electrons. The molecule has 0 radical (unpaired) electrons. The second-order valence-corrected chi connectivity index (χ2v) is 5.81. The summed E-state index contributed by atoms with van der Waals surface area (Å²) in [4.78, 5) is 4.27. The average Bonchev–Trinajstić information content (AvgIpc) is 3.13. The summed E-state index contributed by atoms with van der Waals surface area (Å²) >= 11 is 0. The minimum absolute atomic E-state index is 0.487. The highest BCUT2D eigenvalue weighted by Gasteiger charge is 2.06. The lowest BCUT2D eigenvalue weighted by Crippen LogP contribution is -2.39. The molecule has 2 rings (SSSR count). The van der Waals surface area contributed by atoms with E-state index in [1.807, 2.05) is 24.3 Å². The van der Waals surface area contributed by atoms with Gasteiger partial charge in [-0.15, -0.1) is 0 Å². The summed E-state index contributed by atoms with van der Waals surface area (Å²) < 4.78 is 7.35. The normalized spacial score (nSPS) is 12.7. The maximum atomic E-state index is 5.20. The van der Waals surface area contributed by atoms with Crippen LogP contribution in [0.2, 0.25) is 0 Å². The van der Waals surface area contributed by atoms with E-state index >= 15 is 0 Å². The molecule has 0 spiro atoms. The van der Waals surface area contributed by atoms with E-state index in [4.69, 9.17) is 4.74 Å². The van der Waals surface area contributed by atoms with Gasteiger partial charge in [-0.2, -0.15) is 0 Å². The number of methoxy groups -OCH3 is 1. The van der Waals surface area contributed by atoms with Crippen molar-refractivity contribution in [1.82, 2.24) is 15.2 Å². The molecule has 0 aliphatic rings. The Hall–Kier alpha value is -2.43. The Morgan fingerprint density at radius 2 is 1.79 bits per heavy atom. The number of guanidine groups is 1. The molecule has 0 aliphatic carbocycles. The summed E-state index contributed by atoms with van der Waals surface area (Å²) in [6.45, 7) is 4.90. The van der Waals surface area contributed by atoms with Crippen molar-refractivity contribution in [2.75, 3.05) is 27.2 Å². The third-order valence-corrected chi connectivity index (χ3v) is 4.11. The first kappa shape index (κ1) is 17.9. The average molecular weight is 328 g/mol. The summed E-state index contributed by atoms with van der Waals surface area (Å²) in [6.07, 6.45) is 5.17. The van der Waals surface area contributed by atoms with Crippen molar-refractivity contribution in [3.05, 3.63) is 54.4 Å². The van der Waals surface area contributed by atoms with Gasteiger partial charge in [0.05, 0.1) is 7.11 Å². The van der Waals surface area contributed by atoms with Gasteiger partial charge in [0.15, 0.2) is 5.96 Å². The van der Waals surface area contributed by atoms with Gasteiger partial charge in [0.2, 0.25) is 0 Å². The highest BCUT2D eigenvalue weighted by atomic mass is 16.5. The van der Waals surface area contributed by atoms with Crippen molar-refractivity contribution in [2.45, 2.75) is 25.8 Å². The van der Waals surface area contributed by atoms with E-state index in [9.17, 15) is 0 Å². The van der Waals surface area contributed by atoms with E-state index in [1.165, 1.54) is 5.56 Å². The molecule has 1 atom stereocenters. The van der Waals surface area contributed by atoms with E-state index < -0.39 is 0 Å². The van der Waals surface area contributed by atoms with Crippen LogP contribution in [0.1, 0.15) is 24.8 Å². The minimum atomic E-state index is 0.487. The number of nitrogens with one attached hydrogen (secondary N) is 2. The van der Waals surface area contributed by atoms with Crippen LogP contribution < -0.4 is 15.4 Å². The van der Waals surface area contributed by atoms with Gasteiger partial charge < -0.3 is 19.9 Å². The molecular weight excluding hydrogens is 300 g/mol. The molecule has 0 saturated carbocycles. The van der Waals surface area contributed by atoms with E-state index in [2.05, 4.69) is 51.6 Å². The van der Waals surface area contributed by atoms with Crippen LogP contribution in [-0.2, 0) is 6.54 Å². The predicted molar refractivity (Wildman–Crippen MR) is 99.8 cm³/mol. The fourth-order valence-corrected chi connectivity index (χ4v) is 2.55. The molecule has 0 amide bonds. The minimum Gasteiger partial charge on any atom is -0.497 e. The van der Waals surface area contributed by atoms with E-state index in [0.717, 1.165) is 37.8 Å². The topological polar surface area (TPSA) is 50.6 Å². The molecule has 0 aliphatic heterocycles. The van der Waals surface area contributed by atoms with Crippen LogP contribution in [0.15, 0.2) is 53.8 Å². The third-order valence-electron chi connectivity index (χ3n) is 4.11. The lowest BCUT2D eigenvalue weighted by molar-refractivity contribution is 0.414. The predicted octanol–water partition coefficient (Wildman–Crippen LogP) is 2.86. The van der Waals surface area contributed by atoms with E-state index in [0.29, 0.717) is 5.92 Å². The van der Waals surface area contributed by atoms with Gasteiger partial charge in [-0.25, -0.2) is 0 Å². The number of nitrogens with zero attached hydrogens (tertiary/aromatic N) is 2. The van der Waals surface area contributed by atoms with Crippen LogP contribution in [0.3, 0.4) is 0 Å². The highest BCUT2D eigenvalue weighted by molar-refractivity contribution is 5.79. The Kier molecular flexibility index (Phi) is 7.21. The van der Waals surface area contributed by atoms with Gasteiger partial charge >= 0.3 is 0 Å². The Morgan fingerprint density at radius 3 is 2.42 bits per heavy atom. The van der Waals surface area contributed by atoms with E-state index in [1.54, 1.807) is 14.2 Å². The van der Waals surface area contributed by atoms with Gasteiger partial charge in [0.25, 0.3) is 0 Å². The summed E-state index contributed by atoms with van der Waals surface area (Å²) in [6, 6.07) is 12.4. The smallest absolute Gasteiger partial charge is 0.191 e. The number of hydrogen-bond donors (Lipinski definition) is 2. The maximum Gasteiger partial charge on any atom is 0.191 e. The standard InChI is InChI=1S/C19H28N4O/c1-16(17-6-8-18(24-3)9-7-17)10-11-21-19(20-2)22-12-15-23-13-4-5-14-23/h4-9,13-14,16H,10-12,15H2,1-3H3,(H2,20,21,22). The number of hydrogen-bond acceptors (Lipinski definition) is 2. The van der Waals surface area contributed by atoms with Gasteiger partial charge in [-0.05, 0) is 42.2 Å². The highest BCUT2D eigenvalue weighted by Crippen LogP contribution is 2.21. The summed E-state index contributed by atoms with van der Waals surface area (Å²) in [7, 11) is 3.50. The number of aliphatic imine (C=N–C) groups is 1. The number of rotatable bonds is 8. The first-order valence-electron chi connectivity index (χ1n) is 8.42. The Labute approximate surface area is 144 Å². The summed E-state index contributed by atoms with van der Waals surface area (Å²) in [5.74, 6) is 2.24. The van der Waals surface area contributed by atoms with Crippen molar-refractivity contribution in [3.8, 4) is 5.75 Å². The fraction of sp³-hybridized carbons (Fsp3) is 0.421. The Balaban J connectivity index is 1.68. The second kappa shape index (κ2) is 9.65. The quantitative estimate of drug-likeness (QED) is 0.579. The Bertz CT molecular complexity index is 605. The Morgan fingerprint density at radius 1 is 1.12 bits per heavy atom. The van der Waals surface area contributed by atoms with Crippen molar-refractivity contribution >= 4 is 5.96 Å². The van der Waals surface area contributed by atoms with Crippen molar-refractivity contribution in [2.24, 2.45) is 4.99 Å².